The normalized spacial score (nSPS) is 11.3. The van der Waals surface area contributed by atoms with Crippen molar-refractivity contribution in [2.75, 3.05) is 12.4 Å². The van der Waals surface area contributed by atoms with Crippen LogP contribution in [0.2, 0.25) is 0 Å². The van der Waals surface area contributed by atoms with Crippen molar-refractivity contribution in [1.29, 1.82) is 0 Å². The number of nitrogens with one attached hydrogen (secondary N) is 2. The van der Waals surface area contributed by atoms with Crippen molar-refractivity contribution in [2.45, 2.75) is 25.3 Å². The van der Waals surface area contributed by atoms with Crippen LogP contribution in [0.25, 0.3) is 0 Å². The Hall–Kier alpha value is -2.82. The molecule has 0 fully saturated rings. The third-order valence-corrected chi connectivity index (χ3v) is 6.53. The van der Waals surface area contributed by atoms with Crippen LogP contribution in [0.5, 0.6) is 5.75 Å². The Balaban J connectivity index is 1.64. The molecule has 1 amide bonds. The van der Waals surface area contributed by atoms with Gasteiger partial charge in [-0.2, -0.15) is 0 Å². The van der Waals surface area contributed by atoms with E-state index in [0.29, 0.717) is 22.0 Å². The van der Waals surface area contributed by atoms with Gasteiger partial charge in [0.05, 0.1) is 18.6 Å². The quantitative estimate of drug-likeness (QED) is 0.594. The smallest absolute Gasteiger partial charge is 0.286 e. The van der Waals surface area contributed by atoms with Gasteiger partial charge < -0.3 is 10.1 Å². The largest absolute Gasteiger partial charge is 0.497 e. The number of hydrogen-bond donors (Lipinski definition) is 2. The molecule has 2 aromatic carbocycles. The summed E-state index contributed by atoms with van der Waals surface area (Å²) in [5.41, 5.74) is 2.23. The molecule has 0 saturated heterocycles. The molecule has 0 spiro atoms. The van der Waals surface area contributed by atoms with Crippen molar-refractivity contribution in [1.82, 2.24) is 14.9 Å². The maximum absolute atomic E-state index is 12.5. The van der Waals surface area contributed by atoms with Crippen molar-refractivity contribution in [2.24, 2.45) is 0 Å². The Morgan fingerprint density at radius 1 is 1.10 bits per heavy atom. The number of aryl methyl sites for hydroxylation is 2. The topological polar surface area (TPSA) is 110 Å². The number of carbonyl (C=O) groups excluding carboxylic acids is 1. The molecule has 8 nitrogen and oxygen atoms in total. The first-order chi connectivity index (χ1) is 13.8. The van der Waals surface area contributed by atoms with E-state index in [2.05, 4.69) is 20.2 Å². The van der Waals surface area contributed by atoms with Gasteiger partial charge in [0.1, 0.15) is 10.8 Å². The first-order valence-electron chi connectivity index (χ1n) is 8.63. The zero-order valence-corrected chi connectivity index (χ0v) is 17.7. The highest BCUT2D eigenvalue weighted by atomic mass is 32.2. The standard InChI is InChI=1S/C19H20N4O4S2/c1-12-4-9-16(13(2)10-12)29(25,26)20-11-17-22-23-19(28-17)18(24)21-14-5-7-15(27-3)8-6-14/h4-10,20H,11H2,1-3H3,(H,21,24). The lowest BCUT2D eigenvalue weighted by molar-refractivity contribution is 0.102. The molecular weight excluding hydrogens is 412 g/mol. The molecule has 0 radical (unpaired) electrons. The Bertz CT molecular complexity index is 1130. The van der Waals surface area contributed by atoms with Gasteiger partial charge in [0.2, 0.25) is 15.0 Å². The summed E-state index contributed by atoms with van der Waals surface area (Å²) in [7, 11) is -2.14. The van der Waals surface area contributed by atoms with Crippen LogP contribution in [0.15, 0.2) is 47.4 Å². The molecule has 0 atom stereocenters. The molecule has 0 saturated carbocycles. The maximum atomic E-state index is 12.5. The minimum absolute atomic E-state index is 0.0524. The third kappa shape index (κ3) is 5.17. The lowest BCUT2D eigenvalue weighted by Crippen LogP contribution is -2.24. The van der Waals surface area contributed by atoms with Crippen LogP contribution in [0.1, 0.15) is 25.9 Å². The lowest BCUT2D eigenvalue weighted by Gasteiger charge is -2.08. The van der Waals surface area contributed by atoms with Crippen LogP contribution in [-0.2, 0) is 16.6 Å². The number of anilines is 1. The number of amides is 1. The summed E-state index contributed by atoms with van der Waals surface area (Å²) in [6.07, 6.45) is 0. The van der Waals surface area contributed by atoms with Crippen LogP contribution >= 0.6 is 11.3 Å². The van der Waals surface area contributed by atoms with E-state index >= 15 is 0 Å². The minimum Gasteiger partial charge on any atom is -0.497 e. The molecule has 2 N–H and O–H groups in total. The molecule has 1 aromatic heterocycles. The van der Waals surface area contributed by atoms with Gasteiger partial charge in [0.25, 0.3) is 5.91 Å². The molecule has 0 aliphatic rings. The third-order valence-electron chi connectivity index (χ3n) is 4.04. The monoisotopic (exact) mass is 432 g/mol. The number of benzene rings is 2. The fourth-order valence-electron chi connectivity index (χ4n) is 2.61. The molecule has 0 bridgehead atoms. The van der Waals surface area contributed by atoms with E-state index in [1.165, 1.54) is 0 Å². The Morgan fingerprint density at radius 3 is 2.48 bits per heavy atom. The second-order valence-electron chi connectivity index (χ2n) is 6.28. The average Bonchev–Trinajstić information content (AvgIpc) is 3.16. The van der Waals surface area contributed by atoms with Crippen molar-refractivity contribution >= 4 is 33.0 Å². The molecule has 3 rings (SSSR count). The van der Waals surface area contributed by atoms with E-state index in [4.69, 9.17) is 4.74 Å². The highest BCUT2D eigenvalue weighted by Gasteiger charge is 2.19. The number of carbonyl (C=O) groups is 1. The molecule has 0 aliphatic heterocycles. The van der Waals surface area contributed by atoms with Crippen LogP contribution in [0, 0.1) is 13.8 Å². The zero-order valence-electron chi connectivity index (χ0n) is 16.1. The average molecular weight is 433 g/mol. The minimum atomic E-state index is -3.70. The van der Waals surface area contributed by atoms with Crippen LogP contribution in [0.4, 0.5) is 5.69 Å². The molecular formula is C19H20N4O4S2. The highest BCUT2D eigenvalue weighted by molar-refractivity contribution is 7.89. The SMILES string of the molecule is COc1ccc(NC(=O)c2nnc(CNS(=O)(=O)c3ccc(C)cc3C)s2)cc1. The number of sulfonamides is 1. The van der Waals surface area contributed by atoms with Crippen LogP contribution in [0.3, 0.4) is 0 Å². The maximum Gasteiger partial charge on any atom is 0.286 e. The lowest BCUT2D eigenvalue weighted by atomic mass is 10.2. The predicted molar refractivity (Wildman–Crippen MR) is 111 cm³/mol. The number of methoxy groups -OCH3 is 1. The van der Waals surface area contributed by atoms with Gasteiger partial charge in [0.15, 0.2) is 0 Å². The number of aromatic nitrogens is 2. The van der Waals surface area contributed by atoms with Gasteiger partial charge in [0, 0.05) is 5.69 Å². The summed E-state index contributed by atoms with van der Waals surface area (Å²) in [6, 6.07) is 12.0. The number of rotatable bonds is 7. The predicted octanol–water partition coefficient (Wildman–Crippen LogP) is 2.89. The first-order valence-corrected chi connectivity index (χ1v) is 10.9. The van der Waals surface area contributed by atoms with Gasteiger partial charge in [-0.25, -0.2) is 13.1 Å². The van der Waals surface area contributed by atoms with E-state index in [1.807, 2.05) is 6.92 Å². The van der Waals surface area contributed by atoms with E-state index in [1.54, 1.807) is 56.5 Å². The number of nitrogens with zero attached hydrogens (tertiary/aromatic N) is 2. The molecule has 1 heterocycles. The second-order valence-corrected chi connectivity index (χ2v) is 9.07. The summed E-state index contributed by atoms with van der Waals surface area (Å²) in [6.45, 7) is 3.59. The van der Waals surface area contributed by atoms with E-state index in [0.717, 1.165) is 16.9 Å². The Morgan fingerprint density at radius 2 is 1.83 bits per heavy atom. The highest BCUT2D eigenvalue weighted by Crippen LogP contribution is 2.19. The number of hydrogen-bond acceptors (Lipinski definition) is 7. The van der Waals surface area contributed by atoms with Crippen molar-refractivity contribution in [3.63, 3.8) is 0 Å². The fraction of sp³-hybridized carbons (Fsp3) is 0.211. The molecule has 10 heteroatoms. The van der Waals surface area contributed by atoms with Gasteiger partial charge in [-0.05, 0) is 49.7 Å². The van der Waals surface area contributed by atoms with Gasteiger partial charge in [-0.15, -0.1) is 10.2 Å². The Kier molecular flexibility index (Phi) is 6.26. The molecule has 29 heavy (non-hydrogen) atoms. The van der Waals surface area contributed by atoms with Gasteiger partial charge in [-0.1, -0.05) is 29.0 Å². The van der Waals surface area contributed by atoms with Crippen molar-refractivity contribution in [3.05, 3.63) is 63.6 Å². The molecule has 0 unspecified atom stereocenters. The summed E-state index contributed by atoms with van der Waals surface area (Å²) in [5, 5.41) is 11.0. The second kappa shape index (κ2) is 8.68. The zero-order chi connectivity index (χ0) is 21.0. The van der Waals surface area contributed by atoms with E-state index < -0.39 is 15.9 Å². The van der Waals surface area contributed by atoms with Crippen molar-refractivity contribution < 1.29 is 17.9 Å². The van der Waals surface area contributed by atoms with E-state index in [9.17, 15) is 13.2 Å². The fourth-order valence-corrected chi connectivity index (χ4v) is 4.59. The van der Waals surface area contributed by atoms with Gasteiger partial charge in [-0.3, -0.25) is 4.79 Å². The van der Waals surface area contributed by atoms with Crippen molar-refractivity contribution in [3.8, 4) is 5.75 Å². The summed E-state index contributed by atoms with van der Waals surface area (Å²) in [5.74, 6) is 0.258. The summed E-state index contributed by atoms with van der Waals surface area (Å²) >= 11 is 1.02. The van der Waals surface area contributed by atoms with E-state index in [-0.39, 0.29) is 16.4 Å². The molecule has 3 aromatic rings. The first kappa shape index (κ1) is 20.9. The van der Waals surface area contributed by atoms with Crippen LogP contribution < -0.4 is 14.8 Å². The summed E-state index contributed by atoms with van der Waals surface area (Å²) in [4.78, 5) is 12.5. The number of ether oxygens (including phenoxy) is 1. The van der Waals surface area contributed by atoms with Crippen LogP contribution in [-0.4, -0.2) is 31.6 Å². The summed E-state index contributed by atoms with van der Waals surface area (Å²) < 4.78 is 32.6. The Labute approximate surface area is 173 Å². The van der Waals surface area contributed by atoms with Gasteiger partial charge >= 0.3 is 0 Å². The molecule has 152 valence electrons. The molecule has 0 aliphatic carbocycles.